The van der Waals surface area contributed by atoms with Crippen molar-refractivity contribution in [1.29, 1.82) is 5.26 Å². The Bertz CT molecular complexity index is 498. The van der Waals surface area contributed by atoms with Crippen molar-refractivity contribution in [3.8, 4) is 6.07 Å². The summed E-state index contributed by atoms with van der Waals surface area (Å²) in [5, 5.41) is 8.92. The quantitative estimate of drug-likeness (QED) is 0.787. The molecule has 5 heteroatoms. The lowest BCUT2D eigenvalue weighted by Gasteiger charge is -2.34. The van der Waals surface area contributed by atoms with Crippen molar-refractivity contribution in [1.82, 2.24) is 0 Å². The van der Waals surface area contributed by atoms with E-state index in [1.165, 1.54) is 0 Å². The summed E-state index contributed by atoms with van der Waals surface area (Å²) in [5.74, 6) is -2.53. The highest BCUT2D eigenvalue weighted by molar-refractivity contribution is 9.10. The van der Waals surface area contributed by atoms with Gasteiger partial charge in [-0.3, -0.25) is 0 Å². The summed E-state index contributed by atoms with van der Waals surface area (Å²) in [6, 6.07) is 5.72. The molecular weight excluding hydrogens is 302 g/mol. The molecule has 0 bridgehead atoms. The fourth-order valence-electron chi connectivity index (χ4n) is 2.17. The molecule has 2 nitrogen and oxygen atoms in total. The van der Waals surface area contributed by atoms with Gasteiger partial charge in [0.1, 0.15) is 6.07 Å². The summed E-state index contributed by atoms with van der Waals surface area (Å²) in [6.45, 7) is 2.60. The van der Waals surface area contributed by atoms with E-state index in [1.54, 1.807) is 6.07 Å². The zero-order valence-corrected chi connectivity index (χ0v) is 11.6. The standard InChI is InChI=1S/C13H13BrF2N2/c1-9-6-10(8-17)11(14)7-12(9)18-4-2-13(15,16)3-5-18/h6-7H,2-5H2,1H3. The van der Waals surface area contributed by atoms with E-state index in [2.05, 4.69) is 22.0 Å². The summed E-state index contributed by atoms with van der Waals surface area (Å²) in [5.41, 5.74) is 2.44. The maximum atomic E-state index is 13.1. The van der Waals surface area contributed by atoms with Gasteiger partial charge in [0.2, 0.25) is 0 Å². The summed E-state index contributed by atoms with van der Waals surface area (Å²) >= 11 is 3.33. The first kappa shape index (κ1) is 13.3. The van der Waals surface area contributed by atoms with Gasteiger partial charge in [-0.2, -0.15) is 5.26 Å². The van der Waals surface area contributed by atoms with E-state index in [0.29, 0.717) is 23.1 Å². The molecule has 1 aromatic carbocycles. The number of halogens is 3. The minimum atomic E-state index is -2.53. The van der Waals surface area contributed by atoms with Gasteiger partial charge in [0.05, 0.1) is 5.56 Å². The number of nitriles is 1. The van der Waals surface area contributed by atoms with Gasteiger partial charge in [-0.1, -0.05) is 0 Å². The number of hydrogen-bond donors (Lipinski definition) is 0. The minimum absolute atomic E-state index is 0.107. The SMILES string of the molecule is Cc1cc(C#N)c(Br)cc1N1CCC(F)(F)CC1. The van der Waals surface area contributed by atoms with Crippen LogP contribution in [0.15, 0.2) is 16.6 Å². The third-order valence-corrected chi connectivity index (χ3v) is 3.90. The number of alkyl halides is 2. The molecule has 1 aromatic rings. The minimum Gasteiger partial charge on any atom is -0.371 e. The third kappa shape index (κ3) is 2.64. The number of benzene rings is 1. The molecule has 1 aliphatic rings. The molecule has 0 N–H and O–H groups in total. The van der Waals surface area contributed by atoms with Gasteiger partial charge >= 0.3 is 0 Å². The Morgan fingerprint density at radius 1 is 1.33 bits per heavy atom. The van der Waals surface area contributed by atoms with Gasteiger partial charge in [0.25, 0.3) is 5.92 Å². The zero-order chi connectivity index (χ0) is 13.3. The Labute approximate surface area is 113 Å². The highest BCUT2D eigenvalue weighted by atomic mass is 79.9. The second-order valence-corrected chi connectivity index (χ2v) is 5.43. The van der Waals surface area contributed by atoms with Crippen molar-refractivity contribution >= 4 is 21.6 Å². The van der Waals surface area contributed by atoms with Gasteiger partial charge in [-0.15, -0.1) is 0 Å². The Morgan fingerprint density at radius 3 is 2.50 bits per heavy atom. The number of nitrogens with zero attached hydrogens (tertiary/aromatic N) is 2. The number of aryl methyl sites for hydroxylation is 1. The van der Waals surface area contributed by atoms with Crippen molar-refractivity contribution in [3.05, 3.63) is 27.7 Å². The normalized spacial score (nSPS) is 18.5. The Hall–Kier alpha value is -1.15. The van der Waals surface area contributed by atoms with Gasteiger partial charge in [0.15, 0.2) is 0 Å². The second kappa shape index (κ2) is 4.85. The first-order valence-electron chi connectivity index (χ1n) is 5.76. The topological polar surface area (TPSA) is 27.0 Å². The Morgan fingerprint density at radius 2 is 1.94 bits per heavy atom. The van der Waals surface area contributed by atoms with E-state index in [0.717, 1.165) is 11.3 Å². The molecule has 18 heavy (non-hydrogen) atoms. The molecule has 0 atom stereocenters. The number of rotatable bonds is 1. The van der Waals surface area contributed by atoms with E-state index < -0.39 is 5.92 Å². The van der Waals surface area contributed by atoms with Crippen LogP contribution in [-0.4, -0.2) is 19.0 Å². The maximum absolute atomic E-state index is 13.1. The smallest absolute Gasteiger partial charge is 0.251 e. The van der Waals surface area contributed by atoms with Gasteiger partial charge in [-0.05, 0) is 40.5 Å². The molecule has 96 valence electrons. The second-order valence-electron chi connectivity index (χ2n) is 4.57. The maximum Gasteiger partial charge on any atom is 0.251 e. The number of piperidine rings is 1. The van der Waals surface area contributed by atoms with E-state index in [1.807, 2.05) is 17.9 Å². The molecule has 1 fully saturated rings. The van der Waals surface area contributed by atoms with E-state index in [4.69, 9.17) is 5.26 Å². The van der Waals surface area contributed by atoms with Crippen molar-refractivity contribution in [2.24, 2.45) is 0 Å². The Balaban J connectivity index is 2.25. The molecule has 2 rings (SSSR count). The molecule has 0 aromatic heterocycles. The highest BCUT2D eigenvalue weighted by Gasteiger charge is 2.34. The van der Waals surface area contributed by atoms with Crippen LogP contribution in [0.4, 0.5) is 14.5 Å². The third-order valence-electron chi connectivity index (χ3n) is 3.24. The molecule has 1 saturated heterocycles. The molecule has 1 aliphatic heterocycles. The molecule has 1 heterocycles. The van der Waals surface area contributed by atoms with E-state index in [9.17, 15) is 8.78 Å². The van der Waals surface area contributed by atoms with Crippen LogP contribution in [0.2, 0.25) is 0 Å². The van der Waals surface area contributed by atoms with Gasteiger partial charge in [0, 0.05) is 36.1 Å². The lowest BCUT2D eigenvalue weighted by molar-refractivity contribution is -0.0220. The summed E-state index contributed by atoms with van der Waals surface area (Å²) in [6.07, 6.45) is -0.214. The summed E-state index contributed by atoms with van der Waals surface area (Å²) in [7, 11) is 0. The first-order chi connectivity index (χ1) is 8.43. The fraction of sp³-hybridized carbons (Fsp3) is 0.462. The van der Waals surface area contributed by atoms with Crippen LogP contribution >= 0.6 is 15.9 Å². The van der Waals surface area contributed by atoms with Gasteiger partial charge in [-0.25, -0.2) is 8.78 Å². The van der Waals surface area contributed by atoms with Gasteiger partial charge < -0.3 is 4.90 Å². The number of hydrogen-bond acceptors (Lipinski definition) is 2. The monoisotopic (exact) mass is 314 g/mol. The molecule has 0 aliphatic carbocycles. The lowest BCUT2D eigenvalue weighted by Crippen LogP contribution is -2.39. The van der Waals surface area contributed by atoms with E-state index >= 15 is 0 Å². The largest absolute Gasteiger partial charge is 0.371 e. The molecule has 0 spiro atoms. The number of anilines is 1. The van der Waals surface area contributed by atoms with Crippen molar-refractivity contribution in [3.63, 3.8) is 0 Å². The fourth-order valence-corrected chi connectivity index (χ4v) is 2.59. The van der Waals surface area contributed by atoms with Crippen LogP contribution in [0.5, 0.6) is 0 Å². The van der Waals surface area contributed by atoms with Crippen LogP contribution in [0.3, 0.4) is 0 Å². The Kier molecular flexibility index (Phi) is 3.58. The molecule has 0 amide bonds. The van der Waals surface area contributed by atoms with E-state index in [-0.39, 0.29) is 12.8 Å². The van der Waals surface area contributed by atoms with Crippen LogP contribution in [-0.2, 0) is 0 Å². The van der Waals surface area contributed by atoms with Crippen molar-refractivity contribution < 1.29 is 8.78 Å². The van der Waals surface area contributed by atoms with Crippen LogP contribution in [0.1, 0.15) is 24.0 Å². The predicted octanol–water partition coefficient (Wildman–Crippen LogP) is 3.86. The molecule has 0 unspecified atom stereocenters. The molecular formula is C13H13BrF2N2. The predicted molar refractivity (Wildman–Crippen MR) is 70.0 cm³/mol. The van der Waals surface area contributed by atoms with Crippen molar-refractivity contribution in [2.45, 2.75) is 25.7 Å². The molecule has 0 radical (unpaired) electrons. The zero-order valence-electron chi connectivity index (χ0n) is 10.0. The van der Waals surface area contributed by atoms with Crippen LogP contribution in [0, 0.1) is 18.3 Å². The lowest BCUT2D eigenvalue weighted by atomic mass is 10.0. The summed E-state index contributed by atoms with van der Waals surface area (Å²) < 4.78 is 26.9. The van der Waals surface area contributed by atoms with Crippen LogP contribution in [0.25, 0.3) is 0 Å². The average Bonchev–Trinajstić information content (AvgIpc) is 2.32. The molecule has 0 saturated carbocycles. The van der Waals surface area contributed by atoms with Crippen LogP contribution < -0.4 is 4.90 Å². The summed E-state index contributed by atoms with van der Waals surface area (Å²) in [4.78, 5) is 1.96. The average molecular weight is 315 g/mol. The highest BCUT2D eigenvalue weighted by Crippen LogP contribution is 2.34. The van der Waals surface area contributed by atoms with Crippen molar-refractivity contribution in [2.75, 3.05) is 18.0 Å². The first-order valence-corrected chi connectivity index (χ1v) is 6.55.